The first-order valence-corrected chi connectivity index (χ1v) is 12.2. The molecule has 6 rings (SSSR count). The lowest BCUT2D eigenvalue weighted by atomic mass is 10.0. The molecule has 2 aliphatic rings. The van der Waals surface area contributed by atoms with E-state index < -0.39 is 11.2 Å². The molecule has 1 saturated carbocycles. The highest BCUT2D eigenvalue weighted by Gasteiger charge is 2.54. The fourth-order valence-corrected chi connectivity index (χ4v) is 5.39. The second kappa shape index (κ2) is 8.03. The normalized spacial score (nSPS) is 18.2. The van der Waals surface area contributed by atoms with Crippen molar-refractivity contribution in [1.29, 1.82) is 0 Å². The second-order valence-corrected chi connectivity index (χ2v) is 9.92. The average molecular weight is 485 g/mol. The topological polar surface area (TPSA) is 117 Å². The van der Waals surface area contributed by atoms with Crippen molar-refractivity contribution < 1.29 is 0 Å². The molecule has 1 aromatic carbocycles. The van der Waals surface area contributed by atoms with Gasteiger partial charge in [-0.1, -0.05) is 24.1 Å². The highest BCUT2D eigenvalue weighted by Crippen LogP contribution is 2.52. The van der Waals surface area contributed by atoms with Crippen molar-refractivity contribution in [3.05, 3.63) is 56.6 Å². The summed E-state index contributed by atoms with van der Waals surface area (Å²) >= 11 is 0. The van der Waals surface area contributed by atoms with Crippen LogP contribution < -0.4 is 21.9 Å². The third-order valence-corrected chi connectivity index (χ3v) is 7.65. The van der Waals surface area contributed by atoms with Crippen LogP contribution in [0.5, 0.6) is 0 Å². The van der Waals surface area contributed by atoms with E-state index in [1.807, 2.05) is 35.8 Å². The van der Waals surface area contributed by atoms with Crippen molar-refractivity contribution >= 4 is 28.0 Å². The van der Waals surface area contributed by atoms with E-state index >= 15 is 0 Å². The smallest absolute Gasteiger partial charge is 0.332 e. The Morgan fingerprint density at radius 2 is 1.92 bits per heavy atom. The summed E-state index contributed by atoms with van der Waals surface area (Å²) in [6, 6.07) is 7.76. The number of hydrogen-bond acceptors (Lipinski definition) is 7. The predicted molar refractivity (Wildman–Crippen MR) is 138 cm³/mol. The number of para-hydroxylation sites is 1. The molecule has 10 heteroatoms. The van der Waals surface area contributed by atoms with E-state index in [0.29, 0.717) is 36.0 Å². The number of fused-ring (bicyclic) bond motifs is 2. The van der Waals surface area contributed by atoms with E-state index in [4.69, 9.17) is 10.7 Å². The fourth-order valence-electron chi connectivity index (χ4n) is 5.39. The van der Waals surface area contributed by atoms with Crippen LogP contribution in [-0.2, 0) is 20.1 Å². The van der Waals surface area contributed by atoms with Crippen LogP contribution in [0.4, 0.5) is 5.95 Å². The van der Waals surface area contributed by atoms with Gasteiger partial charge in [-0.2, -0.15) is 4.98 Å². The van der Waals surface area contributed by atoms with Crippen molar-refractivity contribution in [3.8, 4) is 11.8 Å². The lowest BCUT2D eigenvalue weighted by molar-refractivity contribution is 0.499. The van der Waals surface area contributed by atoms with Gasteiger partial charge in [0, 0.05) is 42.7 Å². The second-order valence-electron chi connectivity index (χ2n) is 9.92. The van der Waals surface area contributed by atoms with E-state index in [1.165, 1.54) is 9.13 Å². The van der Waals surface area contributed by atoms with Crippen LogP contribution in [0.25, 0.3) is 22.1 Å². The zero-order valence-corrected chi connectivity index (χ0v) is 20.7. The quantitative estimate of drug-likeness (QED) is 0.432. The minimum atomic E-state index is -0.462. The average Bonchev–Trinajstić information content (AvgIpc) is 3.44. The van der Waals surface area contributed by atoms with Gasteiger partial charge in [0.2, 0.25) is 5.95 Å². The summed E-state index contributed by atoms with van der Waals surface area (Å²) in [6.45, 7) is 5.37. The molecule has 1 aliphatic heterocycles. The number of nitrogens with zero attached hydrogens (tertiary/aromatic N) is 7. The van der Waals surface area contributed by atoms with Crippen LogP contribution in [-0.4, -0.2) is 47.8 Å². The van der Waals surface area contributed by atoms with Gasteiger partial charge in [-0.25, -0.2) is 14.8 Å². The standard InChI is InChI=1S/C26H28N8O2/c1-4-5-12-33-21-22(30-24(33)32-13-19(27)26(15-32)10-11-26)31(3)25(36)34(23(21)35)14-20-28-16(2)17-8-6-7-9-18(17)29-20/h6-9,19H,10-15,27H2,1-3H3/t19-/m1/s1. The Morgan fingerprint density at radius 3 is 2.64 bits per heavy atom. The third-order valence-electron chi connectivity index (χ3n) is 7.65. The monoisotopic (exact) mass is 484 g/mol. The molecule has 0 bridgehead atoms. The summed E-state index contributed by atoms with van der Waals surface area (Å²) < 4.78 is 4.43. The lowest BCUT2D eigenvalue weighted by Crippen LogP contribution is -2.40. The number of hydrogen-bond donors (Lipinski definition) is 1. The molecule has 184 valence electrons. The molecule has 1 spiro atoms. The lowest BCUT2D eigenvalue weighted by Gasteiger charge is -2.18. The Labute approximate surface area is 207 Å². The summed E-state index contributed by atoms with van der Waals surface area (Å²) in [6.07, 6.45) is 2.21. The van der Waals surface area contributed by atoms with E-state index in [-0.39, 0.29) is 18.0 Å². The number of nitrogens with two attached hydrogens (primary N) is 1. The molecular weight excluding hydrogens is 456 g/mol. The zero-order chi connectivity index (χ0) is 25.2. The van der Waals surface area contributed by atoms with Crippen molar-refractivity contribution in [2.24, 2.45) is 18.2 Å². The molecule has 0 radical (unpaired) electrons. The maximum Gasteiger partial charge on any atom is 0.332 e. The molecule has 36 heavy (non-hydrogen) atoms. The highest BCUT2D eigenvalue weighted by molar-refractivity contribution is 5.80. The number of aromatic nitrogens is 6. The van der Waals surface area contributed by atoms with Crippen LogP contribution >= 0.6 is 0 Å². The number of aryl methyl sites for hydroxylation is 2. The summed E-state index contributed by atoms with van der Waals surface area (Å²) in [5.74, 6) is 7.02. The van der Waals surface area contributed by atoms with Gasteiger partial charge in [-0.3, -0.25) is 18.5 Å². The van der Waals surface area contributed by atoms with Crippen molar-refractivity contribution in [2.45, 2.75) is 45.8 Å². The summed E-state index contributed by atoms with van der Waals surface area (Å²) in [5.41, 5.74) is 7.96. The van der Waals surface area contributed by atoms with E-state index in [2.05, 4.69) is 26.7 Å². The van der Waals surface area contributed by atoms with Crippen LogP contribution in [0.1, 0.15) is 31.3 Å². The number of rotatable bonds is 4. The molecule has 10 nitrogen and oxygen atoms in total. The molecular formula is C26H28N8O2. The molecule has 1 saturated heterocycles. The molecule has 1 atom stereocenters. The minimum absolute atomic E-state index is 0.0369. The van der Waals surface area contributed by atoms with E-state index in [0.717, 1.165) is 36.0 Å². The first kappa shape index (κ1) is 22.5. The van der Waals surface area contributed by atoms with Crippen LogP contribution in [0.3, 0.4) is 0 Å². The maximum absolute atomic E-state index is 13.8. The zero-order valence-electron chi connectivity index (χ0n) is 20.7. The number of anilines is 1. The Bertz CT molecular complexity index is 1710. The highest BCUT2D eigenvalue weighted by atomic mass is 16.2. The van der Waals surface area contributed by atoms with Crippen molar-refractivity contribution in [1.82, 2.24) is 28.7 Å². The molecule has 0 unspecified atom stereocenters. The summed E-state index contributed by atoms with van der Waals surface area (Å²) in [7, 11) is 1.64. The first-order chi connectivity index (χ1) is 17.3. The Kier molecular flexibility index (Phi) is 5.02. The summed E-state index contributed by atoms with van der Waals surface area (Å²) in [4.78, 5) is 43.3. The van der Waals surface area contributed by atoms with Gasteiger partial charge in [0.25, 0.3) is 5.56 Å². The van der Waals surface area contributed by atoms with E-state index in [9.17, 15) is 9.59 Å². The first-order valence-electron chi connectivity index (χ1n) is 12.2. The maximum atomic E-state index is 13.8. The Balaban J connectivity index is 1.51. The summed E-state index contributed by atoms with van der Waals surface area (Å²) in [5, 5.41) is 0.940. The largest absolute Gasteiger partial charge is 0.340 e. The van der Waals surface area contributed by atoms with Crippen LogP contribution in [0, 0.1) is 24.2 Å². The van der Waals surface area contributed by atoms with Crippen molar-refractivity contribution in [2.75, 3.05) is 18.0 Å². The minimum Gasteiger partial charge on any atom is -0.340 e. The van der Waals surface area contributed by atoms with Gasteiger partial charge < -0.3 is 10.6 Å². The molecule has 4 heterocycles. The number of imidazole rings is 1. The van der Waals surface area contributed by atoms with Gasteiger partial charge >= 0.3 is 5.69 Å². The van der Waals surface area contributed by atoms with Crippen LogP contribution in [0.15, 0.2) is 33.9 Å². The molecule has 1 aliphatic carbocycles. The van der Waals surface area contributed by atoms with Gasteiger partial charge in [0.1, 0.15) is 5.82 Å². The van der Waals surface area contributed by atoms with Gasteiger partial charge in [-0.05, 0) is 32.8 Å². The van der Waals surface area contributed by atoms with Gasteiger partial charge in [0.15, 0.2) is 11.2 Å². The van der Waals surface area contributed by atoms with Crippen molar-refractivity contribution in [3.63, 3.8) is 0 Å². The molecule has 0 amide bonds. The Hall–Kier alpha value is -3.97. The van der Waals surface area contributed by atoms with Gasteiger partial charge in [0.05, 0.1) is 18.6 Å². The molecule has 2 fully saturated rings. The predicted octanol–water partition coefficient (Wildman–Crippen LogP) is 1.15. The molecule has 4 aromatic rings. The fraction of sp³-hybridized carbons (Fsp3) is 0.423. The number of benzene rings is 1. The molecule has 3 aromatic heterocycles. The van der Waals surface area contributed by atoms with Gasteiger partial charge in [-0.15, -0.1) is 5.92 Å². The Morgan fingerprint density at radius 1 is 1.14 bits per heavy atom. The third kappa shape index (κ3) is 3.34. The van der Waals surface area contributed by atoms with E-state index in [1.54, 1.807) is 14.0 Å². The van der Waals surface area contributed by atoms with Crippen LogP contribution in [0.2, 0.25) is 0 Å². The SMILES string of the molecule is CC#CCn1c(N2C[C@@H](N)C3(CC3)C2)nc2c1c(=O)n(Cc1nc(C)c3ccccc3n1)c(=O)n2C. The molecule has 2 N–H and O–H groups in total.